The number of halogens is 2. The first-order valence-electron chi connectivity index (χ1n) is 10.4. The number of pyridine rings is 1. The van der Waals surface area contributed by atoms with Crippen molar-refractivity contribution < 1.29 is 22.0 Å². The maximum Gasteiger partial charge on any atom is 0.253 e. The third-order valence-corrected chi connectivity index (χ3v) is 8.18. The van der Waals surface area contributed by atoms with Crippen LogP contribution >= 0.6 is 0 Å². The predicted octanol–water partition coefficient (Wildman–Crippen LogP) is 2.93. The summed E-state index contributed by atoms with van der Waals surface area (Å²) in [5.74, 6) is -3.49. The molecule has 1 aliphatic carbocycles. The van der Waals surface area contributed by atoms with Crippen LogP contribution in [0.5, 0.6) is 0 Å². The number of carbonyl (C=O) groups excluding carboxylic acids is 1. The Morgan fingerprint density at radius 3 is 2.47 bits per heavy atom. The number of nitrogens with one attached hydrogen (secondary N) is 1. The van der Waals surface area contributed by atoms with Crippen LogP contribution in [-0.2, 0) is 16.6 Å². The minimum absolute atomic E-state index is 0.130. The van der Waals surface area contributed by atoms with Gasteiger partial charge in [-0.3, -0.25) is 4.79 Å². The molecule has 2 fully saturated rings. The van der Waals surface area contributed by atoms with Gasteiger partial charge in [-0.05, 0) is 41.7 Å². The van der Waals surface area contributed by atoms with Crippen LogP contribution in [0.2, 0.25) is 0 Å². The number of carbonyl (C=O) groups is 1. The van der Waals surface area contributed by atoms with E-state index in [2.05, 4.69) is 10.3 Å². The summed E-state index contributed by atoms with van der Waals surface area (Å²) in [6.07, 6.45) is 4.61. The summed E-state index contributed by atoms with van der Waals surface area (Å²) < 4.78 is 56.0. The molecule has 3 heterocycles. The lowest BCUT2D eigenvalue weighted by Crippen LogP contribution is -2.31. The van der Waals surface area contributed by atoms with Crippen LogP contribution in [0.25, 0.3) is 5.65 Å². The number of hydrogen-bond donors (Lipinski definition) is 1. The molecule has 1 saturated heterocycles. The molecule has 2 atom stereocenters. The van der Waals surface area contributed by atoms with E-state index in [-0.39, 0.29) is 55.1 Å². The topological polar surface area (TPSA) is 83.8 Å². The number of rotatable bonds is 5. The van der Waals surface area contributed by atoms with E-state index >= 15 is 0 Å². The summed E-state index contributed by atoms with van der Waals surface area (Å²) >= 11 is 0. The van der Waals surface area contributed by atoms with Gasteiger partial charge in [0.2, 0.25) is 15.9 Å². The van der Waals surface area contributed by atoms with Crippen molar-refractivity contribution in [2.24, 2.45) is 11.8 Å². The molecular formula is C22H22F2N4O3S. The lowest BCUT2D eigenvalue weighted by Gasteiger charge is -2.19. The van der Waals surface area contributed by atoms with E-state index in [0.29, 0.717) is 5.56 Å². The van der Waals surface area contributed by atoms with Crippen molar-refractivity contribution in [3.8, 4) is 0 Å². The number of amides is 1. The highest BCUT2D eigenvalue weighted by Gasteiger charge is 2.52. The highest BCUT2D eigenvalue weighted by molar-refractivity contribution is 7.89. The molecule has 1 aromatic carbocycles. The van der Waals surface area contributed by atoms with E-state index in [0.717, 1.165) is 11.2 Å². The van der Waals surface area contributed by atoms with Crippen LogP contribution in [-0.4, -0.2) is 47.0 Å². The first-order valence-corrected chi connectivity index (χ1v) is 11.8. The Morgan fingerprint density at radius 2 is 1.78 bits per heavy atom. The molecule has 0 unspecified atom stereocenters. The Labute approximate surface area is 184 Å². The largest absolute Gasteiger partial charge is 0.348 e. The minimum Gasteiger partial charge on any atom is -0.348 e. The van der Waals surface area contributed by atoms with Crippen molar-refractivity contribution in [2.45, 2.75) is 30.2 Å². The zero-order valence-corrected chi connectivity index (χ0v) is 17.9. The Kier molecular flexibility index (Phi) is 5.01. The molecule has 1 amide bonds. The third-order valence-electron chi connectivity index (χ3n) is 6.33. The van der Waals surface area contributed by atoms with Crippen LogP contribution in [0.1, 0.15) is 28.8 Å². The number of fused-ring (bicyclic) bond motifs is 2. The lowest BCUT2D eigenvalue weighted by molar-refractivity contribution is -0.000624. The molecule has 2 aromatic heterocycles. The Bertz CT molecular complexity index is 1260. The molecule has 5 rings (SSSR count). The highest BCUT2D eigenvalue weighted by atomic mass is 32.2. The van der Waals surface area contributed by atoms with Crippen molar-refractivity contribution >= 4 is 21.6 Å². The number of aromatic nitrogens is 2. The smallest absolute Gasteiger partial charge is 0.253 e. The molecule has 1 N–H and O–H groups in total. The molecule has 0 spiro atoms. The van der Waals surface area contributed by atoms with E-state index in [9.17, 15) is 22.0 Å². The van der Waals surface area contributed by atoms with Gasteiger partial charge >= 0.3 is 0 Å². The van der Waals surface area contributed by atoms with Crippen LogP contribution < -0.4 is 5.32 Å². The first kappa shape index (κ1) is 21.0. The van der Waals surface area contributed by atoms with Crippen LogP contribution in [0.15, 0.2) is 59.9 Å². The number of sulfonamides is 1. The van der Waals surface area contributed by atoms with Gasteiger partial charge in [0.1, 0.15) is 5.65 Å². The van der Waals surface area contributed by atoms with Gasteiger partial charge in [0.15, 0.2) is 0 Å². The zero-order chi connectivity index (χ0) is 22.5. The van der Waals surface area contributed by atoms with Crippen molar-refractivity contribution in [1.29, 1.82) is 0 Å². The zero-order valence-electron chi connectivity index (χ0n) is 17.1. The number of hydrogen-bond acceptors (Lipinski definition) is 4. The van der Waals surface area contributed by atoms with Gasteiger partial charge in [-0.15, -0.1) is 0 Å². The second-order valence-electron chi connectivity index (χ2n) is 8.54. The molecule has 0 bridgehead atoms. The maximum atomic E-state index is 13.5. The van der Waals surface area contributed by atoms with Crippen molar-refractivity contribution in [2.75, 3.05) is 13.1 Å². The van der Waals surface area contributed by atoms with Gasteiger partial charge in [-0.1, -0.05) is 12.1 Å². The van der Waals surface area contributed by atoms with Crippen LogP contribution in [0.3, 0.4) is 0 Å². The molecule has 1 aliphatic heterocycles. The SMILES string of the molecule is O=C(NCc1ccc(S(=O)(=O)N2C[C@@H]3CC(F)(F)C[C@@H]3C2)cc1)c1ccc2nccn2c1. The summed E-state index contributed by atoms with van der Waals surface area (Å²) in [6, 6.07) is 9.74. The number of nitrogens with zero attached hydrogens (tertiary/aromatic N) is 3. The van der Waals surface area contributed by atoms with Crippen LogP contribution in [0.4, 0.5) is 8.78 Å². The molecule has 0 radical (unpaired) electrons. The molecule has 168 valence electrons. The van der Waals surface area contributed by atoms with Gasteiger partial charge in [0.05, 0.1) is 10.5 Å². The van der Waals surface area contributed by atoms with Gasteiger partial charge in [0.25, 0.3) is 5.91 Å². The van der Waals surface area contributed by atoms with E-state index in [4.69, 9.17) is 0 Å². The Hall–Kier alpha value is -2.85. The monoisotopic (exact) mass is 460 g/mol. The quantitative estimate of drug-likeness (QED) is 0.635. The standard InChI is InChI=1S/C22H22F2N4O3S/c23-22(24)9-17-13-28(14-18(17)10-22)32(30,31)19-4-1-15(2-5-19)11-26-21(29)16-3-6-20-25-7-8-27(20)12-16/h1-8,12,17-18H,9-11,13-14H2,(H,26,29)/t17-,18+. The molecule has 32 heavy (non-hydrogen) atoms. The summed E-state index contributed by atoms with van der Waals surface area (Å²) in [4.78, 5) is 16.7. The van der Waals surface area contributed by atoms with Gasteiger partial charge in [-0.25, -0.2) is 22.2 Å². The summed E-state index contributed by atoms with van der Waals surface area (Å²) in [6.45, 7) is 0.521. The molecule has 1 saturated carbocycles. The minimum atomic E-state index is -3.73. The fourth-order valence-electron chi connectivity index (χ4n) is 4.67. The fourth-order valence-corrected chi connectivity index (χ4v) is 6.23. The third kappa shape index (κ3) is 3.88. The Balaban J connectivity index is 1.22. The number of benzene rings is 1. The summed E-state index contributed by atoms with van der Waals surface area (Å²) in [5, 5.41) is 2.82. The number of alkyl halides is 2. The Morgan fingerprint density at radius 1 is 1.09 bits per heavy atom. The molecule has 2 aliphatic rings. The average Bonchev–Trinajstić information content (AvgIpc) is 3.44. The highest BCUT2D eigenvalue weighted by Crippen LogP contribution is 2.47. The van der Waals surface area contributed by atoms with Gasteiger partial charge in [-0.2, -0.15) is 4.31 Å². The molecule has 7 nitrogen and oxygen atoms in total. The van der Waals surface area contributed by atoms with Crippen molar-refractivity contribution in [1.82, 2.24) is 19.0 Å². The second-order valence-corrected chi connectivity index (χ2v) is 10.5. The molecular weight excluding hydrogens is 438 g/mol. The first-order chi connectivity index (χ1) is 15.2. The lowest BCUT2D eigenvalue weighted by atomic mass is 10.0. The maximum absolute atomic E-state index is 13.5. The van der Waals surface area contributed by atoms with Crippen molar-refractivity contribution in [3.05, 3.63) is 66.1 Å². The van der Waals surface area contributed by atoms with E-state index < -0.39 is 15.9 Å². The normalized spacial score (nSPS) is 22.8. The van der Waals surface area contributed by atoms with Gasteiger partial charge < -0.3 is 9.72 Å². The fraction of sp³-hybridized carbons (Fsp3) is 0.364. The van der Waals surface area contributed by atoms with Crippen LogP contribution in [0, 0.1) is 11.8 Å². The van der Waals surface area contributed by atoms with E-state index in [1.807, 2.05) is 0 Å². The van der Waals surface area contributed by atoms with Crippen molar-refractivity contribution in [3.63, 3.8) is 0 Å². The second kappa shape index (κ2) is 7.63. The molecule has 10 heteroatoms. The van der Waals surface area contributed by atoms with Gasteiger partial charge in [0, 0.05) is 51.1 Å². The number of imidazole rings is 1. The molecule has 3 aromatic rings. The van der Waals surface area contributed by atoms with E-state index in [1.165, 1.54) is 16.4 Å². The summed E-state index contributed by atoms with van der Waals surface area (Å²) in [5.41, 5.74) is 1.98. The average molecular weight is 461 g/mol. The summed E-state index contributed by atoms with van der Waals surface area (Å²) in [7, 11) is -3.73. The predicted molar refractivity (Wildman–Crippen MR) is 113 cm³/mol. The van der Waals surface area contributed by atoms with E-state index in [1.54, 1.807) is 47.3 Å².